The lowest BCUT2D eigenvalue weighted by molar-refractivity contribution is 0.625. The summed E-state index contributed by atoms with van der Waals surface area (Å²) in [6.07, 6.45) is 3.67. The lowest BCUT2D eigenvalue weighted by Gasteiger charge is -2.15. The third-order valence-electron chi connectivity index (χ3n) is 3.40. The summed E-state index contributed by atoms with van der Waals surface area (Å²) < 4.78 is 0. The molecule has 2 aromatic rings. The highest BCUT2D eigenvalue weighted by Crippen LogP contribution is 2.33. The fraction of sp³-hybridized carbons (Fsp3) is 0.400. The van der Waals surface area contributed by atoms with Crippen LogP contribution in [0.15, 0.2) is 30.3 Å². The van der Waals surface area contributed by atoms with Crippen LogP contribution in [0.25, 0.3) is 0 Å². The largest absolute Gasteiger partial charge is 0.305 e. The summed E-state index contributed by atoms with van der Waals surface area (Å²) in [6, 6.07) is 10.9. The van der Waals surface area contributed by atoms with Gasteiger partial charge >= 0.3 is 0 Å². The Morgan fingerprint density at radius 3 is 2.83 bits per heavy atom. The zero-order chi connectivity index (χ0) is 12.4. The van der Waals surface area contributed by atoms with Gasteiger partial charge in [-0.3, -0.25) is 0 Å². The van der Waals surface area contributed by atoms with Crippen LogP contribution in [0.5, 0.6) is 0 Å². The maximum Gasteiger partial charge on any atom is 0.115 e. The molecule has 1 N–H and O–H groups in total. The molecule has 1 atom stereocenters. The molecule has 2 nitrogen and oxygen atoms in total. The summed E-state index contributed by atoms with van der Waals surface area (Å²) in [6.45, 7) is 3.11. The summed E-state index contributed by atoms with van der Waals surface area (Å²) >= 11 is 1.89. The average Bonchev–Trinajstić information content (AvgIpc) is 2.97. The summed E-state index contributed by atoms with van der Waals surface area (Å²) in [5, 5.41) is 4.78. The van der Waals surface area contributed by atoms with Crippen molar-refractivity contribution in [2.75, 3.05) is 6.54 Å². The van der Waals surface area contributed by atoms with Crippen molar-refractivity contribution in [2.24, 2.45) is 0 Å². The maximum absolute atomic E-state index is 4.84. The quantitative estimate of drug-likeness (QED) is 0.910. The van der Waals surface area contributed by atoms with Crippen LogP contribution in [0.4, 0.5) is 0 Å². The topological polar surface area (TPSA) is 24.9 Å². The van der Waals surface area contributed by atoms with E-state index < -0.39 is 0 Å². The first-order valence-electron chi connectivity index (χ1n) is 6.65. The number of fused-ring (bicyclic) bond motifs is 1. The highest BCUT2D eigenvalue weighted by molar-refractivity contribution is 7.11. The molecule has 1 aromatic heterocycles. The molecule has 0 radical (unpaired) electrons. The van der Waals surface area contributed by atoms with Crippen LogP contribution in [-0.2, 0) is 12.8 Å². The van der Waals surface area contributed by atoms with Crippen molar-refractivity contribution in [2.45, 2.75) is 32.2 Å². The number of aromatic nitrogens is 1. The number of benzene rings is 1. The Hall–Kier alpha value is -1.19. The van der Waals surface area contributed by atoms with E-state index in [2.05, 4.69) is 42.6 Å². The molecule has 1 heterocycles. The molecule has 18 heavy (non-hydrogen) atoms. The Morgan fingerprint density at radius 1 is 1.28 bits per heavy atom. The Kier molecular flexibility index (Phi) is 3.43. The van der Waals surface area contributed by atoms with Gasteiger partial charge in [0.1, 0.15) is 5.01 Å². The van der Waals surface area contributed by atoms with Gasteiger partial charge < -0.3 is 5.32 Å². The van der Waals surface area contributed by atoms with Gasteiger partial charge in [0.25, 0.3) is 0 Å². The molecular weight excluding hydrogens is 240 g/mol. The van der Waals surface area contributed by atoms with Gasteiger partial charge in [-0.05, 0) is 31.4 Å². The van der Waals surface area contributed by atoms with Gasteiger partial charge in [0.2, 0.25) is 0 Å². The van der Waals surface area contributed by atoms with Gasteiger partial charge in [0, 0.05) is 4.88 Å². The van der Waals surface area contributed by atoms with Crippen molar-refractivity contribution in [1.29, 1.82) is 0 Å². The monoisotopic (exact) mass is 258 g/mol. The zero-order valence-corrected chi connectivity index (χ0v) is 11.5. The molecule has 0 amide bonds. The molecule has 1 aliphatic rings. The Labute approximate surface area is 112 Å². The molecule has 0 spiro atoms. The molecule has 1 aliphatic carbocycles. The molecule has 94 valence electrons. The van der Waals surface area contributed by atoms with Crippen LogP contribution in [0.1, 0.15) is 40.5 Å². The van der Waals surface area contributed by atoms with Crippen LogP contribution < -0.4 is 5.32 Å². The van der Waals surface area contributed by atoms with E-state index in [-0.39, 0.29) is 6.04 Å². The number of rotatable bonds is 4. The second kappa shape index (κ2) is 5.21. The number of hydrogen-bond donors (Lipinski definition) is 1. The minimum atomic E-state index is 0.256. The van der Waals surface area contributed by atoms with E-state index in [4.69, 9.17) is 4.98 Å². The van der Waals surface area contributed by atoms with Gasteiger partial charge in [-0.15, -0.1) is 11.3 Å². The third kappa shape index (κ3) is 2.20. The standard InChI is InChI=1S/C15H18N2S/c1-2-16-14(11-7-4-3-5-8-11)15-17-12-9-6-10-13(12)18-15/h3-5,7-8,14,16H,2,6,9-10H2,1H3. The lowest BCUT2D eigenvalue weighted by Crippen LogP contribution is -2.21. The average molecular weight is 258 g/mol. The second-order valence-electron chi connectivity index (χ2n) is 4.68. The lowest BCUT2D eigenvalue weighted by atomic mass is 10.1. The predicted molar refractivity (Wildman–Crippen MR) is 76.1 cm³/mol. The van der Waals surface area contributed by atoms with Crippen molar-refractivity contribution in [3.05, 3.63) is 51.5 Å². The zero-order valence-electron chi connectivity index (χ0n) is 10.6. The van der Waals surface area contributed by atoms with Gasteiger partial charge in [-0.25, -0.2) is 4.98 Å². The molecule has 0 saturated heterocycles. The van der Waals surface area contributed by atoms with Gasteiger partial charge in [-0.2, -0.15) is 0 Å². The fourth-order valence-electron chi connectivity index (χ4n) is 2.53. The molecule has 0 bridgehead atoms. The van der Waals surface area contributed by atoms with E-state index in [0.29, 0.717) is 0 Å². The van der Waals surface area contributed by atoms with Crippen LogP contribution >= 0.6 is 11.3 Å². The molecule has 3 heteroatoms. The van der Waals surface area contributed by atoms with E-state index in [1.165, 1.54) is 40.4 Å². The van der Waals surface area contributed by atoms with Crippen LogP contribution in [0.3, 0.4) is 0 Å². The van der Waals surface area contributed by atoms with Crippen molar-refractivity contribution in [3.8, 4) is 0 Å². The summed E-state index contributed by atoms with van der Waals surface area (Å²) in [7, 11) is 0. The highest BCUT2D eigenvalue weighted by Gasteiger charge is 2.22. The normalized spacial score (nSPS) is 15.6. The first kappa shape index (κ1) is 11.9. The van der Waals surface area contributed by atoms with E-state index in [9.17, 15) is 0 Å². The predicted octanol–water partition coefficient (Wildman–Crippen LogP) is 3.33. The molecule has 0 fully saturated rings. The molecule has 0 saturated carbocycles. The highest BCUT2D eigenvalue weighted by atomic mass is 32.1. The first-order chi connectivity index (χ1) is 8.88. The van der Waals surface area contributed by atoms with E-state index in [0.717, 1.165) is 6.54 Å². The molecule has 1 aromatic carbocycles. The van der Waals surface area contributed by atoms with E-state index in [1.54, 1.807) is 0 Å². The Balaban J connectivity index is 1.93. The first-order valence-corrected chi connectivity index (χ1v) is 7.47. The van der Waals surface area contributed by atoms with Gasteiger partial charge in [-0.1, -0.05) is 37.3 Å². The number of aryl methyl sites for hydroxylation is 2. The number of thiazole rings is 1. The number of hydrogen-bond acceptors (Lipinski definition) is 3. The van der Waals surface area contributed by atoms with Gasteiger partial charge in [0.15, 0.2) is 0 Å². The van der Waals surface area contributed by atoms with Crippen LogP contribution in [0, 0.1) is 0 Å². The maximum atomic E-state index is 4.84. The summed E-state index contributed by atoms with van der Waals surface area (Å²) in [4.78, 5) is 6.35. The van der Waals surface area contributed by atoms with Crippen molar-refractivity contribution < 1.29 is 0 Å². The molecule has 0 aliphatic heterocycles. The molecular formula is C15H18N2S. The van der Waals surface area contributed by atoms with Crippen LogP contribution in [-0.4, -0.2) is 11.5 Å². The van der Waals surface area contributed by atoms with Crippen molar-refractivity contribution >= 4 is 11.3 Å². The minimum absolute atomic E-state index is 0.256. The van der Waals surface area contributed by atoms with Crippen LogP contribution in [0.2, 0.25) is 0 Å². The number of nitrogens with one attached hydrogen (secondary N) is 1. The third-order valence-corrected chi connectivity index (χ3v) is 4.62. The van der Waals surface area contributed by atoms with Gasteiger partial charge in [0.05, 0.1) is 11.7 Å². The van der Waals surface area contributed by atoms with Crippen molar-refractivity contribution in [1.82, 2.24) is 10.3 Å². The van der Waals surface area contributed by atoms with Crippen molar-refractivity contribution in [3.63, 3.8) is 0 Å². The Bertz CT molecular complexity index is 497. The minimum Gasteiger partial charge on any atom is -0.305 e. The second-order valence-corrected chi connectivity index (χ2v) is 5.79. The summed E-state index contributed by atoms with van der Waals surface area (Å²) in [5.41, 5.74) is 2.65. The smallest absolute Gasteiger partial charge is 0.115 e. The Morgan fingerprint density at radius 2 is 2.11 bits per heavy atom. The number of nitrogens with zero attached hydrogens (tertiary/aromatic N) is 1. The van der Waals surface area contributed by atoms with E-state index in [1.807, 2.05) is 11.3 Å². The van der Waals surface area contributed by atoms with E-state index >= 15 is 0 Å². The molecule has 1 unspecified atom stereocenters. The molecule has 3 rings (SSSR count). The fourth-order valence-corrected chi connectivity index (χ4v) is 3.79. The summed E-state index contributed by atoms with van der Waals surface area (Å²) in [5.74, 6) is 0. The SMILES string of the molecule is CCNC(c1ccccc1)c1nc2c(s1)CCC2.